The summed E-state index contributed by atoms with van der Waals surface area (Å²) in [7, 11) is 0. The van der Waals surface area contributed by atoms with Crippen molar-refractivity contribution in [1.29, 1.82) is 0 Å². The maximum absolute atomic E-state index is 13.2. The lowest BCUT2D eigenvalue weighted by Crippen LogP contribution is -2.10. The van der Waals surface area contributed by atoms with E-state index in [0.29, 0.717) is 5.56 Å². The third kappa shape index (κ3) is 3.26. The van der Waals surface area contributed by atoms with Crippen molar-refractivity contribution in [2.45, 2.75) is 18.9 Å². The first-order valence-corrected chi connectivity index (χ1v) is 7.05. The number of nitrogen functional groups attached to an aromatic ring is 1. The van der Waals surface area contributed by atoms with E-state index in [-0.39, 0.29) is 23.3 Å². The monoisotopic (exact) mass is 359 g/mol. The second-order valence-electron chi connectivity index (χ2n) is 5.44. The first-order valence-electron chi connectivity index (χ1n) is 7.05. The summed E-state index contributed by atoms with van der Waals surface area (Å²) in [5.74, 6) is -0.0759. The lowest BCUT2D eigenvalue weighted by atomic mass is 10.1. The molecule has 2 N–H and O–H groups in total. The number of para-hydroxylation sites is 1. The van der Waals surface area contributed by atoms with Gasteiger partial charge in [0.25, 0.3) is 0 Å². The topological polar surface area (TPSA) is 43.8 Å². The standard InChI is InChI=1S/C16H11F6N3/c17-15(18,19)10-6-4-9(5-7-10)8-25-13-11(14(23)24-25)2-1-3-12(13)16(20,21)22/h1-7H,8H2,(H2,23,24). The van der Waals surface area contributed by atoms with Crippen molar-refractivity contribution >= 4 is 16.7 Å². The van der Waals surface area contributed by atoms with Crippen LogP contribution in [0.5, 0.6) is 0 Å². The molecule has 0 unspecified atom stereocenters. The first kappa shape index (κ1) is 17.1. The fourth-order valence-corrected chi connectivity index (χ4v) is 2.58. The van der Waals surface area contributed by atoms with E-state index in [1.165, 1.54) is 24.3 Å². The van der Waals surface area contributed by atoms with Crippen LogP contribution in [-0.2, 0) is 18.9 Å². The maximum Gasteiger partial charge on any atom is 0.418 e. The number of benzene rings is 2. The van der Waals surface area contributed by atoms with Crippen molar-refractivity contribution in [2.24, 2.45) is 0 Å². The average molecular weight is 359 g/mol. The van der Waals surface area contributed by atoms with Crippen LogP contribution in [0.25, 0.3) is 10.9 Å². The molecule has 132 valence electrons. The summed E-state index contributed by atoms with van der Waals surface area (Å²) >= 11 is 0. The van der Waals surface area contributed by atoms with Crippen molar-refractivity contribution in [3.05, 3.63) is 59.2 Å². The van der Waals surface area contributed by atoms with Crippen LogP contribution in [0.2, 0.25) is 0 Å². The minimum atomic E-state index is -4.61. The lowest BCUT2D eigenvalue weighted by Gasteiger charge is -2.12. The van der Waals surface area contributed by atoms with Crippen LogP contribution >= 0.6 is 0 Å². The molecule has 0 atom stereocenters. The molecule has 25 heavy (non-hydrogen) atoms. The Morgan fingerprint density at radius 3 is 2.08 bits per heavy atom. The zero-order valence-electron chi connectivity index (χ0n) is 12.5. The number of hydrogen-bond donors (Lipinski definition) is 1. The second kappa shape index (κ2) is 5.68. The molecule has 3 aromatic rings. The smallest absolute Gasteiger partial charge is 0.382 e. The Kier molecular flexibility index (Phi) is 3.89. The number of nitrogens with two attached hydrogens (primary N) is 1. The molecule has 0 fully saturated rings. The normalized spacial score (nSPS) is 12.7. The predicted octanol–water partition coefficient (Wildman–Crippen LogP) is 4.70. The summed E-state index contributed by atoms with van der Waals surface area (Å²) in [6.07, 6.45) is -9.09. The molecule has 3 rings (SSSR count). The van der Waals surface area contributed by atoms with Crippen molar-refractivity contribution in [1.82, 2.24) is 9.78 Å². The molecule has 2 aromatic carbocycles. The molecule has 0 aliphatic rings. The second-order valence-corrected chi connectivity index (χ2v) is 5.44. The summed E-state index contributed by atoms with van der Waals surface area (Å²) in [5.41, 5.74) is 4.11. The van der Waals surface area contributed by atoms with E-state index in [4.69, 9.17) is 5.73 Å². The van der Waals surface area contributed by atoms with E-state index in [9.17, 15) is 26.3 Å². The number of aromatic nitrogens is 2. The van der Waals surface area contributed by atoms with Crippen LogP contribution in [-0.4, -0.2) is 9.78 Å². The molecule has 3 nitrogen and oxygen atoms in total. The van der Waals surface area contributed by atoms with Gasteiger partial charge in [0.2, 0.25) is 0 Å². The molecule has 0 spiro atoms. The molecule has 0 saturated carbocycles. The van der Waals surface area contributed by atoms with Crippen LogP contribution in [0.4, 0.5) is 32.2 Å². The summed E-state index contributed by atoms with van der Waals surface area (Å²) < 4.78 is 78.5. The molecule has 9 heteroatoms. The van der Waals surface area contributed by atoms with Crippen LogP contribution in [0, 0.1) is 0 Å². The number of fused-ring (bicyclic) bond motifs is 1. The Balaban J connectivity index is 2.05. The van der Waals surface area contributed by atoms with Crippen molar-refractivity contribution in [3.63, 3.8) is 0 Å². The largest absolute Gasteiger partial charge is 0.418 e. The quantitative estimate of drug-likeness (QED) is 0.674. The molecular formula is C16H11F6N3. The van der Waals surface area contributed by atoms with Gasteiger partial charge in [-0.25, -0.2) is 0 Å². The highest BCUT2D eigenvalue weighted by Gasteiger charge is 2.34. The minimum absolute atomic E-state index is 0.0759. The van der Waals surface area contributed by atoms with Crippen LogP contribution in [0.3, 0.4) is 0 Å². The van der Waals surface area contributed by atoms with Gasteiger partial charge in [-0.2, -0.15) is 31.4 Å². The van der Waals surface area contributed by atoms with Gasteiger partial charge in [-0.1, -0.05) is 18.2 Å². The minimum Gasteiger partial charge on any atom is -0.382 e. The number of anilines is 1. The third-order valence-electron chi connectivity index (χ3n) is 3.72. The molecule has 0 aliphatic carbocycles. The van der Waals surface area contributed by atoms with E-state index in [2.05, 4.69) is 5.10 Å². The maximum atomic E-state index is 13.2. The lowest BCUT2D eigenvalue weighted by molar-refractivity contribution is -0.138. The number of nitrogens with zero attached hydrogens (tertiary/aromatic N) is 2. The van der Waals surface area contributed by atoms with Gasteiger partial charge in [0.15, 0.2) is 5.82 Å². The van der Waals surface area contributed by atoms with Gasteiger partial charge < -0.3 is 5.73 Å². The summed E-state index contributed by atoms with van der Waals surface area (Å²) in [6, 6.07) is 7.68. The van der Waals surface area contributed by atoms with Crippen LogP contribution in [0.1, 0.15) is 16.7 Å². The molecule has 0 saturated heterocycles. The van der Waals surface area contributed by atoms with E-state index >= 15 is 0 Å². The molecule has 1 aromatic heterocycles. The van der Waals surface area contributed by atoms with E-state index < -0.39 is 23.5 Å². The third-order valence-corrected chi connectivity index (χ3v) is 3.72. The first-order chi connectivity index (χ1) is 11.6. The fourth-order valence-electron chi connectivity index (χ4n) is 2.58. The number of hydrogen-bond acceptors (Lipinski definition) is 2. The van der Waals surface area contributed by atoms with Gasteiger partial charge in [-0.3, -0.25) is 4.68 Å². The highest BCUT2D eigenvalue weighted by molar-refractivity contribution is 5.91. The Labute approximate surface area is 137 Å². The highest BCUT2D eigenvalue weighted by Crippen LogP contribution is 2.36. The number of halogens is 6. The summed E-state index contributed by atoms with van der Waals surface area (Å²) in [6.45, 7) is -0.140. The Bertz CT molecular complexity index is 906. The number of alkyl halides is 6. The molecule has 0 amide bonds. The molecule has 0 aliphatic heterocycles. The van der Waals surface area contributed by atoms with Crippen molar-refractivity contribution < 1.29 is 26.3 Å². The Hall–Kier alpha value is -2.71. The molecule has 0 radical (unpaired) electrons. The zero-order chi connectivity index (χ0) is 18.4. The van der Waals surface area contributed by atoms with Gasteiger partial charge in [0.05, 0.1) is 23.2 Å². The van der Waals surface area contributed by atoms with Gasteiger partial charge in [0.1, 0.15) is 0 Å². The Morgan fingerprint density at radius 1 is 0.880 bits per heavy atom. The van der Waals surface area contributed by atoms with E-state index in [0.717, 1.165) is 22.9 Å². The molecule has 1 heterocycles. The van der Waals surface area contributed by atoms with Crippen LogP contribution in [0.15, 0.2) is 42.5 Å². The van der Waals surface area contributed by atoms with Crippen LogP contribution < -0.4 is 5.73 Å². The predicted molar refractivity (Wildman–Crippen MR) is 79.7 cm³/mol. The van der Waals surface area contributed by atoms with Gasteiger partial charge in [0, 0.05) is 5.39 Å². The van der Waals surface area contributed by atoms with Gasteiger partial charge >= 0.3 is 12.4 Å². The SMILES string of the molecule is Nc1nn(Cc2ccc(C(F)(F)F)cc2)c2c(C(F)(F)F)cccc12. The van der Waals surface area contributed by atoms with E-state index in [1.54, 1.807) is 0 Å². The fraction of sp³-hybridized carbons (Fsp3) is 0.188. The van der Waals surface area contributed by atoms with Crippen molar-refractivity contribution in [3.8, 4) is 0 Å². The van der Waals surface area contributed by atoms with Gasteiger partial charge in [-0.05, 0) is 29.8 Å². The van der Waals surface area contributed by atoms with E-state index in [1.807, 2.05) is 0 Å². The molecular weight excluding hydrogens is 348 g/mol. The summed E-state index contributed by atoms with van der Waals surface area (Å²) in [5, 5.41) is 4.04. The summed E-state index contributed by atoms with van der Waals surface area (Å²) in [4.78, 5) is 0. The molecule has 0 bridgehead atoms. The number of rotatable bonds is 2. The zero-order valence-corrected chi connectivity index (χ0v) is 12.5. The Morgan fingerprint density at radius 2 is 1.52 bits per heavy atom. The highest BCUT2D eigenvalue weighted by atomic mass is 19.4. The average Bonchev–Trinajstić information content (AvgIpc) is 2.82. The van der Waals surface area contributed by atoms with Gasteiger partial charge in [-0.15, -0.1) is 0 Å². The van der Waals surface area contributed by atoms with Crippen molar-refractivity contribution in [2.75, 3.05) is 5.73 Å².